The van der Waals surface area contributed by atoms with E-state index in [4.69, 9.17) is 0 Å². The van der Waals surface area contributed by atoms with Crippen molar-refractivity contribution in [2.75, 3.05) is 11.4 Å². The topological polar surface area (TPSA) is 63.5 Å². The van der Waals surface area contributed by atoms with Crippen molar-refractivity contribution >= 4 is 23.4 Å². The number of hydrogen-bond donors (Lipinski definition) is 0. The molecular formula is C19H20N2O3. The molecule has 0 saturated heterocycles. The Balaban J connectivity index is 2.21. The molecule has 124 valence electrons. The van der Waals surface area contributed by atoms with E-state index in [-0.39, 0.29) is 11.6 Å². The highest BCUT2D eigenvalue weighted by Crippen LogP contribution is 2.18. The molecular weight excluding hydrogens is 304 g/mol. The van der Waals surface area contributed by atoms with Crippen LogP contribution in [0.3, 0.4) is 0 Å². The van der Waals surface area contributed by atoms with Gasteiger partial charge in [0.25, 0.3) is 11.6 Å². The number of non-ortho nitro benzene ring substituents is 1. The molecule has 2 rings (SSSR count). The quantitative estimate of drug-likeness (QED) is 0.450. The lowest BCUT2D eigenvalue weighted by atomic mass is 10.1. The normalized spacial score (nSPS) is 10.8. The minimum absolute atomic E-state index is 0.00805. The van der Waals surface area contributed by atoms with Gasteiger partial charge in [-0.3, -0.25) is 14.9 Å². The lowest BCUT2D eigenvalue weighted by Crippen LogP contribution is -2.30. The molecule has 0 fully saturated rings. The van der Waals surface area contributed by atoms with E-state index in [0.717, 1.165) is 17.7 Å². The summed E-state index contributed by atoms with van der Waals surface area (Å²) in [5.74, 6) is -0.144. The van der Waals surface area contributed by atoms with Crippen molar-refractivity contribution < 1.29 is 9.72 Å². The van der Waals surface area contributed by atoms with Crippen molar-refractivity contribution in [2.45, 2.75) is 20.3 Å². The van der Waals surface area contributed by atoms with Gasteiger partial charge in [-0.1, -0.05) is 31.2 Å². The van der Waals surface area contributed by atoms with Gasteiger partial charge in [0.05, 0.1) is 4.92 Å². The summed E-state index contributed by atoms with van der Waals surface area (Å²) in [7, 11) is 0. The molecule has 0 aliphatic rings. The van der Waals surface area contributed by atoms with E-state index in [1.807, 2.05) is 38.1 Å². The fourth-order valence-electron chi connectivity index (χ4n) is 2.39. The average Bonchev–Trinajstić information content (AvgIpc) is 2.57. The number of benzene rings is 2. The molecule has 0 heterocycles. The lowest BCUT2D eigenvalue weighted by Gasteiger charge is -2.21. The van der Waals surface area contributed by atoms with Crippen LogP contribution in [-0.2, 0) is 4.79 Å². The number of anilines is 1. The first-order valence-electron chi connectivity index (χ1n) is 7.82. The lowest BCUT2D eigenvalue weighted by molar-refractivity contribution is -0.384. The number of amides is 1. The number of rotatable bonds is 6. The summed E-state index contributed by atoms with van der Waals surface area (Å²) in [4.78, 5) is 24.6. The monoisotopic (exact) mass is 324 g/mol. The van der Waals surface area contributed by atoms with E-state index < -0.39 is 4.92 Å². The van der Waals surface area contributed by atoms with Crippen molar-refractivity contribution in [2.24, 2.45) is 0 Å². The largest absolute Gasteiger partial charge is 0.309 e. The van der Waals surface area contributed by atoms with Gasteiger partial charge >= 0.3 is 0 Å². The molecule has 0 unspecified atom stereocenters. The van der Waals surface area contributed by atoms with Gasteiger partial charge in [-0.25, -0.2) is 0 Å². The van der Waals surface area contributed by atoms with Crippen LogP contribution in [0.25, 0.3) is 6.08 Å². The van der Waals surface area contributed by atoms with Gasteiger partial charge in [0, 0.05) is 30.4 Å². The predicted molar refractivity (Wildman–Crippen MR) is 96.0 cm³/mol. The Morgan fingerprint density at radius 1 is 1.21 bits per heavy atom. The third-order valence-corrected chi connectivity index (χ3v) is 3.53. The molecule has 0 radical (unpaired) electrons. The van der Waals surface area contributed by atoms with E-state index in [1.165, 1.54) is 18.2 Å². The standard InChI is InChI=1S/C19H20N2O3/c1-3-12-20(17-8-4-6-15(2)13-17)19(22)11-10-16-7-5-9-18(14-16)21(23)24/h4-11,13-14H,3,12H2,1-2H3/b11-10+. The average molecular weight is 324 g/mol. The van der Waals surface area contributed by atoms with E-state index in [2.05, 4.69) is 0 Å². The molecule has 5 nitrogen and oxygen atoms in total. The molecule has 0 atom stereocenters. The summed E-state index contributed by atoms with van der Waals surface area (Å²) in [6.45, 7) is 4.61. The van der Waals surface area contributed by atoms with Crippen LogP contribution < -0.4 is 4.90 Å². The first-order valence-corrected chi connectivity index (χ1v) is 7.82. The fraction of sp³-hybridized carbons (Fsp3) is 0.211. The summed E-state index contributed by atoms with van der Waals surface area (Å²) < 4.78 is 0. The Labute approximate surface area is 141 Å². The molecule has 0 spiro atoms. The zero-order valence-corrected chi connectivity index (χ0v) is 13.8. The zero-order chi connectivity index (χ0) is 17.5. The molecule has 2 aromatic carbocycles. The second kappa shape index (κ2) is 8.06. The summed E-state index contributed by atoms with van der Waals surface area (Å²) in [6.07, 6.45) is 3.90. The SMILES string of the molecule is CCCN(C(=O)/C=C/c1cccc([N+](=O)[O-])c1)c1cccc(C)c1. The Morgan fingerprint density at radius 2 is 1.96 bits per heavy atom. The van der Waals surface area contributed by atoms with Gasteiger partial charge in [-0.2, -0.15) is 0 Å². The van der Waals surface area contributed by atoms with Crippen LogP contribution in [0.1, 0.15) is 24.5 Å². The fourth-order valence-corrected chi connectivity index (χ4v) is 2.39. The third kappa shape index (κ3) is 4.52. The molecule has 0 aliphatic carbocycles. The van der Waals surface area contributed by atoms with E-state index in [0.29, 0.717) is 12.1 Å². The highest BCUT2D eigenvalue weighted by Gasteiger charge is 2.12. The van der Waals surface area contributed by atoms with Gasteiger partial charge in [0.15, 0.2) is 0 Å². The summed E-state index contributed by atoms with van der Waals surface area (Å²) in [6, 6.07) is 14.0. The van der Waals surface area contributed by atoms with Gasteiger partial charge in [-0.05, 0) is 42.7 Å². The van der Waals surface area contributed by atoms with Crippen molar-refractivity contribution in [1.82, 2.24) is 0 Å². The van der Waals surface area contributed by atoms with Crippen LogP contribution in [0.5, 0.6) is 0 Å². The first-order chi connectivity index (χ1) is 11.5. The molecule has 1 amide bonds. The minimum Gasteiger partial charge on any atom is -0.309 e. The third-order valence-electron chi connectivity index (χ3n) is 3.53. The van der Waals surface area contributed by atoms with Crippen LogP contribution in [-0.4, -0.2) is 17.4 Å². The number of carbonyl (C=O) groups is 1. The molecule has 0 N–H and O–H groups in total. The number of carbonyl (C=O) groups excluding carboxylic acids is 1. The molecule has 2 aromatic rings. The second-order valence-corrected chi connectivity index (χ2v) is 5.51. The van der Waals surface area contributed by atoms with Crippen LogP contribution in [0.2, 0.25) is 0 Å². The molecule has 0 aromatic heterocycles. The number of nitrogens with zero attached hydrogens (tertiary/aromatic N) is 2. The molecule has 0 saturated carbocycles. The second-order valence-electron chi connectivity index (χ2n) is 5.51. The van der Waals surface area contributed by atoms with Gasteiger partial charge in [0.1, 0.15) is 0 Å². The Hall–Kier alpha value is -2.95. The van der Waals surface area contributed by atoms with Crippen LogP contribution in [0.15, 0.2) is 54.6 Å². The van der Waals surface area contributed by atoms with Crippen molar-refractivity contribution in [1.29, 1.82) is 0 Å². The molecule has 24 heavy (non-hydrogen) atoms. The maximum Gasteiger partial charge on any atom is 0.270 e. The Bertz CT molecular complexity index is 769. The van der Waals surface area contributed by atoms with Crippen LogP contribution in [0, 0.1) is 17.0 Å². The minimum atomic E-state index is -0.449. The van der Waals surface area contributed by atoms with Crippen molar-refractivity contribution in [3.8, 4) is 0 Å². The van der Waals surface area contributed by atoms with Crippen LogP contribution >= 0.6 is 0 Å². The molecule has 0 bridgehead atoms. The van der Waals surface area contributed by atoms with Gasteiger partial charge < -0.3 is 4.90 Å². The highest BCUT2D eigenvalue weighted by molar-refractivity contribution is 6.03. The number of aryl methyl sites for hydroxylation is 1. The molecule has 5 heteroatoms. The highest BCUT2D eigenvalue weighted by atomic mass is 16.6. The van der Waals surface area contributed by atoms with Crippen molar-refractivity contribution in [3.05, 3.63) is 75.8 Å². The summed E-state index contributed by atoms with van der Waals surface area (Å²) >= 11 is 0. The maximum atomic E-state index is 12.5. The van der Waals surface area contributed by atoms with E-state index in [9.17, 15) is 14.9 Å². The van der Waals surface area contributed by atoms with Gasteiger partial charge in [-0.15, -0.1) is 0 Å². The number of nitro benzene ring substituents is 1. The number of hydrogen-bond acceptors (Lipinski definition) is 3. The molecule has 0 aliphatic heterocycles. The van der Waals surface area contributed by atoms with E-state index >= 15 is 0 Å². The zero-order valence-electron chi connectivity index (χ0n) is 13.8. The predicted octanol–water partition coefficient (Wildman–Crippen LogP) is 4.36. The Kier molecular flexibility index (Phi) is 5.84. The van der Waals surface area contributed by atoms with E-state index in [1.54, 1.807) is 23.1 Å². The van der Waals surface area contributed by atoms with Crippen LogP contribution in [0.4, 0.5) is 11.4 Å². The first kappa shape index (κ1) is 17.4. The number of nitro groups is 1. The summed E-state index contributed by atoms with van der Waals surface area (Å²) in [5.41, 5.74) is 2.57. The van der Waals surface area contributed by atoms with Gasteiger partial charge in [0.2, 0.25) is 0 Å². The maximum absolute atomic E-state index is 12.5. The smallest absolute Gasteiger partial charge is 0.270 e. The Morgan fingerprint density at radius 3 is 2.62 bits per heavy atom. The van der Waals surface area contributed by atoms with Crippen molar-refractivity contribution in [3.63, 3.8) is 0 Å². The summed E-state index contributed by atoms with van der Waals surface area (Å²) in [5, 5.41) is 10.8.